The van der Waals surface area contributed by atoms with Crippen molar-refractivity contribution in [1.82, 2.24) is 0 Å². The molecule has 0 radical (unpaired) electrons. The van der Waals surface area contributed by atoms with Gasteiger partial charge in [-0.1, -0.05) is 0 Å². The Morgan fingerprint density at radius 3 is 1.85 bits per heavy atom. The van der Waals surface area contributed by atoms with Gasteiger partial charge in [-0.15, -0.1) is 0 Å². The van der Waals surface area contributed by atoms with E-state index in [2.05, 4.69) is 0 Å². The van der Waals surface area contributed by atoms with Gasteiger partial charge in [0.05, 0.1) is 0 Å². The zero-order valence-electron chi connectivity index (χ0n) is 6.58. The summed E-state index contributed by atoms with van der Waals surface area (Å²) in [5, 5.41) is 0. The van der Waals surface area contributed by atoms with Crippen molar-refractivity contribution < 1.29 is 17.6 Å². The highest BCUT2D eigenvalue weighted by molar-refractivity contribution is 5.22. The van der Waals surface area contributed by atoms with Crippen LogP contribution < -0.4 is 5.73 Å². The van der Waals surface area contributed by atoms with Crippen molar-refractivity contribution in [2.24, 2.45) is 5.73 Å². The molecule has 0 amide bonds. The van der Waals surface area contributed by atoms with Crippen LogP contribution in [0.4, 0.5) is 17.6 Å². The lowest BCUT2D eigenvalue weighted by Gasteiger charge is -2.04. The van der Waals surface area contributed by atoms with Crippen molar-refractivity contribution >= 4 is 0 Å². The van der Waals surface area contributed by atoms with Gasteiger partial charge in [-0.2, -0.15) is 0 Å². The van der Waals surface area contributed by atoms with E-state index in [9.17, 15) is 17.6 Å². The van der Waals surface area contributed by atoms with Crippen LogP contribution in [0.3, 0.4) is 0 Å². The zero-order chi connectivity index (χ0) is 10.0. The van der Waals surface area contributed by atoms with Crippen molar-refractivity contribution in [3.05, 3.63) is 34.9 Å². The van der Waals surface area contributed by atoms with E-state index < -0.39 is 28.8 Å². The van der Waals surface area contributed by atoms with Crippen molar-refractivity contribution in [1.29, 1.82) is 0 Å². The third kappa shape index (κ3) is 1.80. The summed E-state index contributed by atoms with van der Waals surface area (Å²) in [4.78, 5) is 0. The lowest BCUT2D eigenvalue weighted by atomic mass is 10.1. The number of rotatable bonds is 2. The summed E-state index contributed by atoms with van der Waals surface area (Å²) in [6, 6.07) is 0.171. The molecule has 0 aliphatic carbocycles. The monoisotopic (exact) mass is 193 g/mol. The van der Waals surface area contributed by atoms with Crippen LogP contribution in [0.2, 0.25) is 0 Å². The maximum absolute atomic E-state index is 12.8. The van der Waals surface area contributed by atoms with Gasteiger partial charge in [0.25, 0.3) is 0 Å². The Hall–Kier alpha value is -1.10. The summed E-state index contributed by atoms with van der Waals surface area (Å²) in [6.07, 6.45) is -0.230. The Kier molecular flexibility index (Phi) is 2.87. The summed E-state index contributed by atoms with van der Waals surface area (Å²) in [5.74, 6) is -5.54. The first-order valence-corrected chi connectivity index (χ1v) is 3.60. The molecule has 0 fully saturated rings. The van der Waals surface area contributed by atoms with Gasteiger partial charge in [-0.3, -0.25) is 0 Å². The molecule has 1 rings (SSSR count). The number of hydrogen-bond acceptors (Lipinski definition) is 1. The molecule has 0 saturated heterocycles. The fourth-order valence-corrected chi connectivity index (χ4v) is 0.986. The SMILES string of the molecule is NCCc1c(F)c(F)cc(F)c1F. The molecule has 0 atom stereocenters. The normalized spacial score (nSPS) is 10.5. The van der Waals surface area contributed by atoms with Crippen molar-refractivity contribution in [2.75, 3.05) is 6.54 Å². The highest BCUT2D eigenvalue weighted by atomic mass is 19.2. The van der Waals surface area contributed by atoms with E-state index in [-0.39, 0.29) is 19.0 Å². The van der Waals surface area contributed by atoms with Crippen LogP contribution in [0.25, 0.3) is 0 Å². The highest BCUT2D eigenvalue weighted by Gasteiger charge is 2.17. The second-order valence-corrected chi connectivity index (χ2v) is 2.49. The first kappa shape index (κ1) is 9.98. The lowest BCUT2D eigenvalue weighted by Crippen LogP contribution is -2.09. The molecule has 0 aliphatic heterocycles. The number of hydrogen-bond donors (Lipinski definition) is 1. The molecule has 72 valence electrons. The molecule has 2 N–H and O–H groups in total. The van der Waals surface area contributed by atoms with Crippen LogP contribution in [0, 0.1) is 23.3 Å². The zero-order valence-corrected chi connectivity index (χ0v) is 6.58. The second kappa shape index (κ2) is 3.74. The molecule has 0 aromatic heterocycles. The van der Waals surface area contributed by atoms with Crippen molar-refractivity contribution in [2.45, 2.75) is 6.42 Å². The summed E-state index contributed by atoms with van der Waals surface area (Å²) in [6.45, 7) is -0.0727. The molecule has 1 aromatic carbocycles. The first-order chi connectivity index (χ1) is 6.07. The van der Waals surface area contributed by atoms with Gasteiger partial charge < -0.3 is 5.73 Å². The fraction of sp³-hybridized carbons (Fsp3) is 0.250. The molecule has 0 spiro atoms. The Balaban J connectivity index is 3.28. The summed E-state index contributed by atoms with van der Waals surface area (Å²) < 4.78 is 50.6. The van der Waals surface area contributed by atoms with Crippen LogP contribution in [0.5, 0.6) is 0 Å². The van der Waals surface area contributed by atoms with Crippen molar-refractivity contribution in [3.8, 4) is 0 Å². The summed E-state index contributed by atoms with van der Waals surface area (Å²) >= 11 is 0. The maximum atomic E-state index is 12.8. The molecule has 1 aromatic rings. The second-order valence-electron chi connectivity index (χ2n) is 2.49. The van der Waals surface area contributed by atoms with Gasteiger partial charge >= 0.3 is 0 Å². The largest absolute Gasteiger partial charge is 0.330 e. The van der Waals surface area contributed by atoms with E-state index in [4.69, 9.17) is 5.73 Å². The lowest BCUT2D eigenvalue weighted by molar-refractivity contribution is 0.439. The van der Waals surface area contributed by atoms with Crippen molar-refractivity contribution in [3.63, 3.8) is 0 Å². The Bertz CT molecular complexity index is 298. The minimum absolute atomic E-state index is 0.0727. The number of benzene rings is 1. The molecule has 0 heterocycles. The summed E-state index contributed by atoms with van der Waals surface area (Å²) in [5.41, 5.74) is 4.38. The van der Waals surface area contributed by atoms with E-state index in [1.165, 1.54) is 0 Å². The van der Waals surface area contributed by atoms with Gasteiger partial charge in [0.2, 0.25) is 0 Å². The van der Waals surface area contributed by atoms with E-state index in [0.29, 0.717) is 0 Å². The molecule has 13 heavy (non-hydrogen) atoms. The van der Waals surface area contributed by atoms with Crippen LogP contribution in [-0.2, 0) is 6.42 Å². The van der Waals surface area contributed by atoms with Gasteiger partial charge in [0, 0.05) is 11.6 Å². The molecule has 5 heteroatoms. The number of nitrogens with two attached hydrogens (primary N) is 1. The summed E-state index contributed by atoms with van der Waals surface area (Å²) in [7, 11) is 0. The fourth-order valence-electron chi connectivity index (χ4n) is 0.986. The quantitative estimate of drug-likeness (QED) is 0.562. The molecule has 0 saturated carbocycles. The van der Waals surface area contributed by atoms with Crippen LogP contribution in [0.1, 0.15) is 5.56 Å². The average molecular weight is 193 g/mol. The minimum Gasteiger partial charge on any atom is -0.330 e. The smallest absolute Gasteiger partial charge is 0.165 e. The van der Waals surface area contributed by atoms with E-state index in [1.54, 1.807) is 0 Å². The minimum atomic E-state index is -1.40. The number of halogens is 4. The molecule has 0 aliphatic rings. The predicted octanol–water partition coefficient (Wildman–Crippen LogP) is 1.74. The van der Waals surface area contributed by atoms with E-state index in [1.807, 2.05) is 0 Å². The third-order valence-corrected chi connectivity index (χ3v) is 1.60. The van der Waals surface area contributed by atoms with Crippen LogP contribution in [0.15, 0.2) is 6.07 Å². The molecular weight excluding hydrogens is 186 g/mol. The topological polar surface area (TPSA) is 26.0 Å². The average Bonchev–Trinajstić information content (AvgIpc) is 2.09. The third-order valence-electron chi connectivity index (χ3n) is 1.60. The predicted molar refractivity (Wildman–Crippen MR) is 39.0 cm³/mol. The molecule has 1 nitrogen and oxygen atoms in total. The standard InChI is InChI=1S/C8H7F4N/c9-5-3-6(10)8(12)4(1-2-13)7(5)11/h3H,1-2,13H2. The highest BCUT2D eigenvalue weighted by Crippen LogP contribution is 2.19. The van der Waals surface area contributed by atoms with Crippen LogP contribution >= 0.6 is 0 Å². The van der Waals surface area contributed by atoms with Gasteiger partial charge in [-0.05, 0) is 13.0 Å². The van der Waals surface area contributed by atoms with E-state index >= 15 is 0 Å². The molecule has 0 bridgehead atoms. The van der Waals surface area contributed by atoms with Gasteiger partial charge in [-0.25, -0.2) is 17.6 Å². The van der Waals surface area contributed by atoms with Gasteiger partial charge in [0.1, 0.15) is 0 Å². The Morgan fingerprint density at radius 1 is 1.00 bits per heavy atom. The van der Waals surface area contributed by atoms with Crippen LogP contribution in [-0.4, -0.2) is 6.54 Å². The molecule has 0 unspecified atom stereocenters. The Morgan fingerprint density at radius 2 is 1.46 bits per heavy atom. The van der Waals surface area contributed by atoms with E-state index in [0.717, 1.165) is 0 Å². The Labute approximate surface area is 72.2 Å². The first-order valence-electron chi connectivity index (χ1n) is 3.60. The van der Waals surface area contributed by atoms with Gasteiger partial charge in [0.15, 0.2) is 23.3 Å². The maximum Gasteiger partial charge on any atom is 0.165 e. The molecular formula is C8H7F4N.